The number of rotatable bonds is 12. The van der Waals surface area contributed by atoms with Gasteiger partial charge in [-0.05, 0) is 32.0 Å². The number of hydrogen-bond acceptors (Lipinski definition) is 7. The second-order valence-corrected chi connectivity index (χ2v) is 8.35. The predicted molar refractivity (Wildman–Crippen MR) is 116 cm³/mol. The van der Waals surface area contributed by atoms with Gasteiger partial charge in [-0.2, -0.15) is 0 Å². The minimum absolute atomic E-state index is 0.283. The van der Waals surface area contributed by atoms with Gasteiger partial charge in [0.05, 0.1) is 7.11 Å². The molecule has 0 radical (unpaired) electrons. The highest BCUT2D eigenvalue weighted by atomic mass is 32.2. The van der Waals surface area contributed by atoms with E-state index in [1.807, 2.05) is 42.2 Å². The van der Waals surface area contributed by atoms with Crippen LogP contribution < -0.4 is 14.8 Å². The second-order valence-electron chi connectivity index (χ2n) is 7.29. The highest BCUT2D eigenvalue weighted by Gasteiger charge is 2.17. The summed E-state index contributed by atoms with van der Waals surface area (Å²) in [4.78, 5) is 6.61. The zero-order valence-electron chi connectivity index (χ0n) is 17.3. The molecule has 7 nitrogen and oxygen atoms in total. The lowest BCUT2D eigenvalue weighted by Crippen LogP contribution is -2.33. The Morgan fingerprint density at radius 2 is 2.14 bits per heavy atom. The van der Waals surface area contributed by atoms with Crippen molar-refractivity contribution in [2.45, 2.75) is 30.6 Å². The summed E-state index contributed by atoms with van der Waals surface area (Å²) in [5.41, 5.74) is 1.06. The quantitative estimate of drug-likeness (QED) is 0.403. The van der Waals surface area contributed by atoms with Gasteiger partial charge < -0.3 is 29.4 Å². The van der Waals surface area contributed by atoms with E-state index in [9.17, 15) is 5.11 Å². The van der Waals surface area contributed by atoms with Crippen molar-refractivity contribution in [1.29, 1.82) is 0 Å². The van der Waals surface area contributed by atoms with Crippen molar-refractivity contribution in [3.8, 4) is 11.5 Å². The highest BCUT2D eigenvalue weighted by molar-refractivity contribution is 7.99. The molecule has 2 N–H and O–H groups in total. The molecule has 8 heteroatoms. The first-order valence-corrected chi connectivity index (χ1v) is 11.1. The first kappa shape index (κ1) is 22.0. The summed E-state index contributed by atoms with van der Waals surface area (Å²) in [6.45, 7) is 4.65. The zero-order chi connectivity index (χ0) is 20.5. The maximum Gasteiger partial charge on any atom is 0.167 e. The fourth-order valence-electron chi connectivity index (χ4n) is 3.37. The van der Waals surface area contributed by atoms with Gasteiger partial charge in [0.2, 0.25) is 0 Å². The van der Waals surface area contributed by atoms with E-state index in [1.165, 1.54) is 12.8 Å². The molecule has 160 valence electrons. The number of hydrogen-bond donors (Lipinski definition) is 2. The molecule has 1 aliphatic rings. The summed E-state index contributed by atoms with van der Waals surface area (Å²) in [5, 5.41) is 14.8. The van der Waals surface area contributed by atoms with Gasteiger partial charge in [-0.15, -0.1) is 0 Å². The van der Waals surface area contributed by atoms with Gasteiger partial charge in [-0.3, -0.25) is 0 Å². The molecule has 1 unspecified atom stereocenters. The van der Waals surface area contributed by atoms with Crippen LogP contribution in [-0.4, -0.2) is 71.3 Å². The van der Waals surface area contributed by atoms with E-state index in [0.29, 0.717) is 13.1 Å². The molecule has 0 amide bonds. The van der Waals surface area contributed by atoms with Crippen LogP contribution in [0, 0.1) is 0 Å². The molecule has 1 aliphatic heterocycles. The molecule has 0 aliphatic carbocycles. The van der Waals surface area contributed by atoms with E-state index in [0.717, 1.165) is 47.6 Å². The lowest BCUT2D eigenvalue weighted by Gasteiger charge is -2.20. The van der Waals surface area contributed by atoms with Crippen LogP contribution in [0.15, 0.2) is 35.7 Å². The third-order valence-electron chi connectivity index (χ3n) is 4.98. The topological polar surface area (TPSA) is 71.8 Å². The van der Waals surface area contributed by atoms with Gasteiger partial charge in [-0.25, -0.2) is 4.98 Å². The SMILES string of the molecule is COc1ccc(CNCCSc2nccn2C)c(OCC(O)CN2CCCC2)c1. The van der Waals surface area contributed by atoms with Crippen molar-refractivity contribution >= 4 is 11.8 Å². The van der Waals surface area contributed by atoms with E-state index < -0.39 is 6.10 Å². The molecule has 1 saturated heterocycles. The molecular weight excluding hydrogens is 388 g/mol. The average Bonchev–Trinajstić information content (AvgIpc) is 3.38. The number of aryl methyl sites for hydroxylation is 1. The smallest absolute Gasteiger partial charge is 0.167 e. The molecule has 29 heavy (non-hydrogen) atoms. The lowest BCUT2D eigenvalue weighted by molar-refractivity contribution is 0.0753. The summed E-state index contributed by atoms with van der Waals surface area (Å²) in [6.07, 6.45) is 5.72. The van der Waals surface area contributed by atoms with E-state index in [1.54, 1.807) is 18.9 Å². The van der Waals surface area contributed by atoms with Gasteiger partial charge in [0.15, 0.2) is 5.16 Å². The number of nitrogens with zero attached hydrogens (tertiary/aromatic N) is 3. The molecule has 1 aromatic carbocycles. The first-order valence-electron chi connectivity index (χ1n) is 10.2. The number of aliphatic hydroxyl groups excluding tert-OH is 1. The van der Waals surface area contributed by atoms with Crippen LogP contribution in [0.3, 0.4) is 0 Å². The normalized spacial score (nSPS) is 15.6. The minimum atomic E-state index is -0.491. The number of nitrogens with one attached hydrogen (secondary N) is 1. The van der Waals surface area contributed by atoms with Crippen molar-refractivity contribution in [3.05, 3.63) is 36.2 Å². The molecule has 2 aromatic rings. The van der Waals surface area contributed by atoms with E-state index in [4.69, 9.17) is 9.47 Å². The molecule has 2 heterocycles. The van der Waals surface area contributed by atoms with Crippen LogP contribution in [0.5, 0.6) is 11.5 Å². The number of ether oxygens (including phenoxy) is 2. The predicted octanol–water partition coefficient (Wildman–Crippen LogP) is 2.15. The fourth-order valence-corrected chi connectivity index (χ4v) is 4.20. The summed E-state index contributed by atoms with van der Waals surface area (Å²) >= 11 is 1.73. The molecule has 0 saturated carbocycles. The number of thioether (sulfide) groups is 1. The second kappa shape index (κ2) is 11.4. The van der Waals surface area contributed by atoms with Gasteiger partial charge in [0, 0.05) is 56.5 Å². The largest absolute Gasteiger partial charge is 0.497 e. The molecule has 1 atom stereocenters. The molecule has 1 fully saturated rings. The summed E-state index contributed by atoms with van der Waals surface area (Å²) in [7, 11) is 3.65. The van der Waals surface area contributed by atoms with Gasteiger partial charge >= 0.3 is 0 Å². The van der Waals surface area contributed by atoms with E-state index in [2.05, 4.69) is 15.2 Å². The number of methoxy groups -OCH3 is 1. The molecule has 0 bridgehead atoms. The molecule has 1 aromatic heterocycles. The van der Waals surface area contributed by atoms with Crippen LogP contribution in [-0.2, 0) is 13.6 Å². The van der Waals surface area contributed by atoms with Crippen LogP contribution >= 0.6 is 11.8 Å². The van der Waals surface area contributed by atoms with Crippen molar-refractivity contribution in [2.75, 3.05) is 45.6 Å². The van der Waals surface area contributed by atoms with E-state index in [-0.39, 0.29) is 6.61 Å². The number of benzene rings is 1. The lowest BCUT2D eigenvalue weighted by atomic mass is 10.2. The van der Waals surface area contributed by atoms with E-state index >= 15 is 0 Å². The number of aromatic nitrogens is 2. The number of β-amino-alcohol motifs (C(OH)–C–C–N with tert-alkyl or cyclic N) is 1. The summed E-state index contributed by atoms with van der Waals surface area (Å²) < 4.78 is 13.3. The van der Waals surface area contributed by atoms with Crippen LogP contribution in [0.1, 0.15) is 18.4 Å². The standard InChI is InChI=1S/C21H32N4O3S/c1-24-11-7-23-21(24)29-12-8-22-14-17-5-6-19(27-2)13-20(17)28-16-18(26)15-25-9-3-4-10-25/h5-7,11,13,18,22,26H,3-4,8-10,12,14-16H2,1-2H3. The van der Waals surface area contributed by atoms with Gasteiger partial charge in [0.25, 0.3) is 0 Å². The van der Waals surface area contributed by atoms with Crippen molar-refractivity contribution in [2.24, 2.45) is 7.05 Å². The third kappa shape index (κ3) is 6.92. The Morgan fingerprint density at radius 3 is 2.86 bits per heavy atom. The fraction of sp³-hybridized carbons (Fsp3) is 0.571. The Labute approximate surface area is 177 Å². The van der Waals surface area contributed by atoms with Crippen LogP contribution in [0.4, 0.5) is 0 Å². The first-order chi connectivity index (χ1) is 14.2. The Morgan fingerprint density at radius 1 is 1.31 bits per heavy atom. The van der Waals surface area contributed by atoms with Gasteiger partial charge in [-0.1, -0.05) is 17.8 Å². The Kier molecular flexibility index (Phi) is 8.67. The number of likely N-dealkylation sites (tertiary alicyclic amines) is 1. The maximum absolute atomic E-state index is 10.3. The van der Waals surface area contributed by atoms with Crippen molar-refractivity contribution in [1.82, 2.24) is 19.8 Å². The van der Waals surface area contributed by atoms with Crippen LogP contribution in [0.2, 0.25) is 0 Å². The van der Waals surface area contributed by atoms with Crippen LogP contribution in [0.25, 0.3) is 0 Å². The third-order valence-corrected chi connectivity index (χ3v) is 6.04. The molecular formula is C21H32N4O3S. The Bertz CT molecular complexity index is 749. The van der Waals surface area contributed by atoms with Crippen molar-refractivity contribution < 1.29 is 14.6 Å². The summed E-state index contributed by atoms with van der Waals surface area (Å²) in [6, 6.07) is 5.84. The number of imidazole rings is 1. The van der Waals surface area contributed by atoms with Gasteiger partial charge in [0.1, 0.15) is 24.2 Å². The average molecular weight is 421 g/mol. The maximum atomic E-state index is 10.3. The number of aliphatic hydroxyl groups is 1. The molecule has 0 spiro atoms. The highest BCUT2D eigenvalue weighted by Crippen LogP contribution is 2.25. The summed E-state index contributed by atoms with van der Waals surface area (Å²) in [5.74, 6) is 2.45. The monoisotopic (exact) mass is 420 g/mol. The van der Waals surface area contributed by atoms with Crippen molar-refractivity contribution in [3.63, 3.8) is 0 Å². The molecule has 3 rings (SSSR count). The minimum Gasteiger partial charge on any atom is -0.497 e. The Hall–Kier alpha value is -1.74. The zero-order valence-corrected chi connectivity index (χ0v) is 18.2. The Balaban J connectivity index is 1.46.